The van der Waals surface area contributed by atoms with Gasteiger partial charge < -0.3 is 10.1 Å². The van der Waals surface area contributed by atoms with Crippen molar-refractivity contribution in [2.75, 3.05) is 13.7 Å². The Morgan fingerprint density at radius 1 is 1.14 bits per heavy atom. The molecule has 2 aromatic rings. The van der Waals surface area contributed by atoms with Gasteiger partial charge in [-0.1, -0.05) is 12.1 Å². The Bertz CT molecular complexity index is 631. The van der Waals surface area contributed by atoms with Crippen LogP contribution in [0, 0.1) is 6.92 Å². The van der Waals surface area contributed by atoms with E-state index in [-0.39, 0.29) is 11.9 Å². The smallest absolute Gasteiger partial charge is 0.337 e. The molecule has 2 rings (SSSR count). The zero-order valence-electron chi connectivity index (χ0n) is 12.0. The molecule has 0 unspecified atom stereocenters. The van der Waals surface area contributed by atoms with E-state index in [2.05, 4.69) is 10.1 Å². The summed E-state index contributed by atoms with van der Waals surface area (Å²) in [5.41, 5.74) is 1.59. The summed E-state index contributed by atoms with van der Waals surface area (Å²) in [4.78, 5) is 25.0. The molecule has 0 fully saturated rings. The number of rotatable bonds is 5. The van der Waals surface area contributed by atoms with E-state index in [1.807, 2.05) is 31.2 Å². The van der Waals surface area contributed by atoms with Crippen LogP contribution in [0.15, 0.2) is 36.4 Å². The molecule has 21 heavy (non-hydrogen) atoms. The maximum Gasteiger partial charge on any atom is 0.337 e. The van der Waals surface area contributed by atoms with E-state index in [9.17, 15) is 9.59 Å². The monoisotopic (exact) mass is 303 g/mol. The molecule has 1 N–H and O–H groups in total. The standard InChI is InChI=1S/C16H17NO3S/c1-11-3-8-14(21-11)15(18)17-10-9-12-4-6-13(7-5-12)16(19)20-2/h3-8H,9-10H2,1-2H3,(H,17,18). The lowest BCUT2D eigenvalue weighted by atomic mass is 10.1. The largest absolute Gasteiger partial charge is 0.465 e. The third-order valence-corrected chi connectivity index (χ3v) is 4.04. The van der Waals surface area contributed by atoms with E-state index in [0.717, 1.165) is 21.7 Å². The van der Waals surface area contributed by atoms with Gasteiger partial charge >= 0.3 is 5.97 Å². The highest BCUT2D eigenvalue weighted by atomic mass is 32.1. The average Bonchev–Trinajstić information content (AvgIpc) is 2.94. The summed E-state index contributed by atoms with van der Waals surface area (Å²) < 4.78 is 4.64. The topological polar surface area (TPSA) is 55.4 Å². The minimum absolute atomic E-state index is 0.0423. The van der Waals surface area contributed by atoms with Crippen LogP contribution in [0.25, 0.3) is 0 Å². The Balaban J connectivity index is 1.83. The normalized spacial score (nSPS) is 10.2. The summed E-state index contributed by atoms with van der Waals surface area (Å²) >= 11 is 1.49. The van der Waals surface area contributed by atoms with Crippen LogP contribution in [0.5, 0.6) is 0 Å². The van der Waals surface area contributed by atoms with Gasteiger partial charge in [0.15, 0.2) is 0 Å². The Labute approximate surface area is 127 Å². The van der Waals surface area contributed by atoms with Crippen molar-refractivity contribution in [2.24, 2.45) is 0 Å². The van der Waals surface area contributed by atoms with Crippen molar-refractivity contribution in [2.45, 2.75) is 13.3 Å². The van der Waals surface area contributed by atoms with Gasteiger partial charge in [0.2, 0.25) is 0 Å². The Hall–Kier alpha value is -2.14. The molecule has 0 spiro atoms. The molecule has 4 nitrogen and oxygen atoms in total. The molecule has 0 aliphatic rings. The second-order valence-corrected chi connectivity index (χ2v) is 5.89. The molecule has 110 valence electrons. The number of methoxy groups -OCH3 is 1. The van der Waals surface area contributed by atoms with E-state index < -0.39 is 0 Å². The van der Waals surface area contributed by atoms with E-state index >= 15 is 0 Å². The molecule has 1 heterocycles. The van der Waals surface area contributed by atoms with Crippen molar-refractivity contribution >= 4 is 23.2 Å². The van der Waals surface area contributed by atoms with Gasteiger partial charge in [-0.05, 0) is 43.2 Å². The first-order valence-electron chi connectivity index (χ1n) is 6.62. The number of carbonyl (C=O) groups is 2. The number of thiophene rings is 1. The Morgan fingerprint density at radius 2 is 1.86 bits per heavy atom. The molecule has 0 aliphatic heterocycles. The van der Waals surface area contributed by atoms with E-state index in [1.54, 1.807) is 12.1 Å². The molecular formula is C16H17NO3S. The SMILES string of the molecule is COC(=O)c1ccc(CCNC(=O)c2ccc(C)s2)cc1. The molecule has 1 aromatic heterocycles. The molecule has 1 aromatic carbocycles. The van der Waals surface area contributed by atoms with Gasteiger partial charge in [0.05, 0.1) is 17.6 Å². The average molecular weight is 303 g/mol. The van der Waals surface area contributed by atoms with Crippen LogP contribution in [0.2, 0.25) is 0 Å². The molecular weight excluding hydrogens is 286 g/mol. The highest BCUT2D eigenvalue weighted by molar-refractivity contribution is 7.13. The number of benzene rings is 1. The summed E-state index contributed by atoms with van der Waals surface area (Å²) in [5.74, 6) is -0.387. The van der Waals surface area contributed by atoms with Crippen LogP contribution in [0.1, 0.15) is 30.5 Å². The Kier molecular flexibility index (Phi) is 5.11. The van der Waals surface area contributed by atoms with Crippen molar-refractivity contribution in [3.05, 3.63) is 57.3 Å². The number of hydrogen-bond acceptors (Lipinski definition) is 4. The molecule has 0 radical (unpaired) electrons. The van der Waals surface area contributed by atoms with Gasteiger partial charge in [0.1, 0.15) is 0 Å². The fourth-order valence-corrected chi connectivity index (χ4v) is 2.67. The number of ether oxygens (including phenoxy) is 1. The predicted octanol–water partition coefficient (Wildman–Crippen LogP) is 2.82. The van der Waals surface area contributed by atoms with Gasteiger partial charge in [-0.2, -0.15) is 0 Å². The highest BCUT2D eigenvalue weighted by Gasteiger charge is 2.07. The van der Waals surface area contributed by atoms with Crippen molar-refractivity contribution in [1.29, 1.82) is 0 Å². The third kappa shape index (κ3) is 4.16. The van der Waals surface area contributed by atoms with Crippen LogP contribution in [-0.2, 0) is 11.2 Å². The van der Waals surface area contributed by atoms with Crippen LogP contribution in [0.4, 0.5) is 0 Å². The predicted molar refractivity (Wildman–Crippen MR) is 82.9 cm³/mol. The number of hydrogen-bond donors (Lipinski definition) is 1. The first-order chi connectivity index (χ1) is 10.1. The Morgan fingerprint density at radius 3 is 2.43 bits per heavy atom. The lowest BCUT2D eigenvalue weighted by Crippen LogP contribution is -2.24. The second-order valence-electron chi connectivity index (χ2n) is 4.60. The molecule has 0 saturated heterocycles. The summed E-state index contributed by atoms with van der Waals surface area (Å²) in [6, 6.07) is 11.0. The minimum Gasteiger partial charge on any atom is -0.465 e. The van der Waals surface area contributed by atoms with Crippen LogP contribution in [0.3, 0.4) is 0 Å². The lowest BCUT2D eigenvalue weighted by Gasteiger charge is -2.05. The second kappa shape index (κ2) is 7.04. The van der Waals surface area contributed by atoms with E-state index in [1.165, 1.54) is 18.4 Å². The molecule has 0 aliphatic carbocycles. The maximum atomic E-state index is 11.9. The van der Waals surface area contributed by atoms with Crippen molar-refractivity contribution in [3.8, 4) is 0 Å². The summed E-state index contributed by atoms with van der Waals surface area (Å²) in [6.07, 6.45) is 0.720. The summed E-state index contributed by atoms with van der Waals surface area (Å²) in [7, 11) is 1.36. The molecule has 0 saturated carbocycles. The highest BCUT2D eigenvalue weighted by Crippen LogP contribution is 2.14. The van der Waals surface area contributed by atoms with Gasteiger partial charge in [-0.15, -0.1) is 11.3 Å². The number of esters is 1. The fourth-order valence-electron chi connectivity index (χ4n) is 1.89. The molecule has 5 heteroatoms. The van der Waals surface area contributed by atoms with Crippen molar-refractivity contribution in [3.63, 3.8) is 0 Å². The zero-order chi connectivity index (χ0) is 15.2. The summed E-state index contributed by atoms with van der Waals surface area (Å²) in [5, 5.41) is 2.89. The maximum absolute atomic E-state index is 11.9. The molecule has 0 bridgehead atoms. The number of aryl methyl sites for hydroxylation is 1. The van der Waals surface area contributed by atoms with Gasteiger partial charge in [-0.25, -0.2) is 4.79 Å². The minimum atomic E-state index is -0.345. The first kappa shape index (κ1) is 15.3. The quantitative estimate of drug-likeness (QED) is 0.864. The number of carbonyl (C=O) groups excluding carboxylic acids is 2. The first-order valence-corrected chi connectivity index (χ1v) is 7.43. The summed E-state index contributed by atoms with van der Waals surface area (Å²) in [6.45, 7) is 2.54. The zero-order valence-corrected chi connectivity index (χ0v) is 12.8. The van der Waals surface area contributed by atoms with Crippen LogP contribution in [-0.4, -0.2) is 25.5 Å². The number of amides is 1. The molecule has 0 atom stereocenters. The van der Waals surface area contributed by atoms with Crippen molar-refractivity contribution < 1.29 is 14.3 Å². The molecule has 1 amide bonds. The fraction of sp³-hybridized carbons (Fsp3) is 0.250. The van der Waals surface area contributed by atoms with Crippen molar-refractivity contribution in [1.82, 2.24) is 5.32 Å². The van der Waals surface area contributed by atoms with E-state index in [0.29, 0.717) is 12.1 Å². The third-order valence-electron chi connectivity index (χ3n) is 3.04. The van der Waals surface area contributed by atoms with E-state index in [4.69, 9.17) is 0 Å². The number of nitrogens with one attached hydrogen (secondary N) is 1. The van der Waals surface area contributed by atoms with Gasteiger partial charge in [-0.3, -0.25) is 4.79 Å². The van der Waals surface area contributed by atoms with Crippen LogP contribution >= 0.6 is 11.3 Å². The van der Waals surface area contributed by atoms with Gasteiger partial charge in [0.25, 0.3) is 5.91 Å². The lowest BCUT2D eigenvalue weighted by molar-refractivity contribution is 0.0600. The van der Waals surface area contributed by atoms with Gasteiger partial charge in [0, 0.05) is 11.4 Å². The van der Waals surface area contributed by atoms with Crippen LogP contribution < -0.4 is 5.32 Å².